The normalized spacial score (nSPS) is 12.3. The molecular weight excluding hydrogens is 1010 g/mol. The van der Waals surface area contributed by atoms with E-state index in [0.29, 0.717) is 66.7 Å². The van der Waals surface area contributed by atoms with Crippen molar-refractivity contribution in [2.45, 2.75) is 70.1 Å². The van der Waals surface area contributed by atoms with Crippen LogP contribution in [-0.2, 0) is 30.2 Å². The van der Waals surface area contributed by atoms with Crippen molar-refractivity contribution in [3.05, 3.63) is 158 Å². The molecule has 0 radical (unpaired) electrons. The summed E-state index contributed by atoms with van der Waals surface area (Å²) in [4.78, 5) is 27.5. The summed E-state index contributed by atoms with van der Waals surface area (Å²) >= 11 is 0. The van der Waals surface area contributed by atoms with E-state index < -0.39 is 64.7 Å². The second-order valence-corrected chi connectivity index (χ2v) is 22.7. The average Bonchev–Trinajstić information content (AvgIpc) is 3.32. The van der Waals surface area contributed by atoms with Gasteiger partial charge in [0, 0.05) is 45.6 Å². The Kier molecular flexibility index (Phi) is 13.4. The highest BCUT2D eigenvalue weighted by Crippen LogP contribution is 2.44. The number of fused-ring (bicyclic) bond motifs is 2. The lowest BCUT2D eigenvalue weighted by Crippen LogP contribution is -2.16. The molecule has 74 heavy (non-hydrogen) atoms. The zero-order chi connectivity index (χ0) is 54.1. The number of phenols is 2. The molecular formula is C53H48N4O14S3. The molecule has 382 valence electrons. The molecule has 0 fully saturated rings. The van der Waals surface area contributed by atoms with Gasteiger partial charge >= 0.3 is 11.9 Å². The number of aromatic carboxylic acids is 2. The molecule has 18 nitrogen and oxygen atoms in total. The number of hydrogen-bond acceptors (Lipinski definition) is 13. The molecule has 0 amide bonds. The topological polar surface area (TPSA) is 299 Å². The van der Waals surface area contributed by atoms with Gasteiger partial charge in [0.2, 0.25) is 0 Å². The minimum absolute atomic E-state index is 0.0441. The quantitative estimate of drug-likeness (QED) is 0.0393. The molecule has 8 N–H and O–H groups in total. The van der Waals surface area contributed by atoms with Gasteiger partial charge in [0.15, 0.2) is 0 Å². The van der Waals surface area contributed by atoms with Gasteiger partial charge in [-0.3, -0.25) is 14.0 Å². The third kappa shape index (κ3) is 9.72. The fraction of sp³-hybridized carbons (Fsp3) is 0.151. The number of nitrogens with zero attached hydrogens (tertiary/aromatic N) is 1. The summed E-state index contributed by atoms with van der Waals surface area (Å²) in [6.45, 7) is 13.2. The summed E-state index contributed by atoms with van der Waals surface area (Å²) in [7, 11) is -13.6. The maximum Gasteiger partial charge on any atom is 0.339 e. The van der Waals surface area contributed by atoms with E-state index in [2.05, 4.69) is 14.8 Å². The molecule has 8 rings (SSSR count). The lowest BCUT2D eigenvalue weighted by Gasteiger charge is -2.21. The third-order valence-corrected chi connectivity index (χ3v) is 16.2. The van der Waals surface area contributed by atoms with Gasteiger partial charge in [-0.1, -0.05) is 30.3 Å². The number of hydrogen-bond donors (Lipinski definition) is 8. The first kappa shape index (κ1) is 52.1. The lowest BCUT2D eigenvalue weighted by atomic mass is 9.93. The molecule has 2 aliphatic rings. The number of benzene rings is 7. The molecule has 0 unspecified atom stereocenters. The predicted octanol–water partition coefficient (Wildman–Crippen LogP) is 10.3. The Bertz CT molecular complexity index is 4130. The van der Waals surface area contributed by atoms with Crippen LogP contribution in [0.2, 0.25) is 0 Å². The van der Waals surface area contributed by atoms with E-state index >= 15 is 0 Å². The van der Waals surface area contributed by atoms with E-state index in [1.165, 1.54) is 32.0 Å². The fourth-order valence-corrected chi connectivity index (χ4v) is 12.4. The summed E-state index contributed by atoms with van der Waals surface area (Å²) in [5.74, 6) is -3.90. The molecule has 0 spiro atoms. The standard InChI is InChI=1S/C53H48N4O14S3/c1-25-17-27(3)48(56-72(64,65)35-19-29(5)50(58)40(23-35)52(60)61)31(7)46(25)54-33-13-15-37-42(21-33)71-43-22-34(14-16-38(43)45(37)39-11-9-10-12-44(39)74(68,69)70)55-47-26(2)18-28(4)49(32(47)8)57-73(66,67)36-20-30(6)51(59)41(24-36)53(62)63/h9-24,54,56-59H,1-8H3,(H,60,61)(H,62,63)(H,68,69,70)/b55-34-. The lowest BCUT2D eigenvalue weighted by molar-refractivity contribution is 0.0682. The van der Waals surface area contributed by atoms with Crippen LogP contribution in [0, 0.1) is 55.4 Å². The number of carboxylic acid groups (broad SMARTS) is 2. The maximum absolute atomic E-state index is 13.8. The minimum atomic E-state index is -4.77. The zero-order valence-corrected chi connectivity index (χ0v) is 43.3. The highest BCUT2D eigenvalue weighted by Gasteiger charge is 2.27. The van der Waals surface area contributed by atoms with Gasteiger partial charge in [-0.15, -0.1) is 0 Å². The van der Waals surface area contributed by atoms with E-state index in [4.69, 9.17) is 9.41 Å². The third-order valence-electron chi connectivity index (χ3n) is 12.7. The number of sulfonamides is 2. The molecule has 0 bridgehead atoms. The van der Waals surface area contributed by atoms with E-state index in [1.54, 1.807) is 95.3 Å². The van der Waals surface area contributed by atoms with Crippen molar-refractivity contribution >= 4 is 81.5 Å². The zero-order valence-electron chi connectivity index (χ0n) is 40.8. The Hall–Kier alpha value is -8.24. The number of rotatable bonds is 13. The molecule has 0 saturated heterocycles. The Labute approximate surface area is 425 Å². The van der Waals surface area contributed by atoms with Crippen LogP contribution in [-0.4, -0.2) is 62.2 Å². The van der Waals surface area contributed by atoms with Crippen LogP contribution in [0.3, 0.4) is 0 Å². The number of carboxylic acids is 2. The van der Waals surface area contributed by atoms with Crippen LogP contribution in [0.4, 0.5) is 28.4 Å². The van der Waals surface area contributed by atoms with Crippen LogP contribution < -0.4 is 20.1 Å². The summed E-state index contributed by atoms with van der Waals surface area (Å²) in [6.07, 6.45) is 0. The van der Waals surface area contributed by atoms with Gasteiger partial charge in [0.1, 0.15) is 38.9 Å². The van der Waals surface area contributed by atoms with Crippen LogP contribution in [0.5, 0.6) is 11.5 Å². The van der Waals surface area contributed by atoms with Crippen molar-refractivity contribution in [2.24, 2.45) is 4.99 Å². The first-order valence-corrected chi connectivity index (χ1v) is 26.8. The first-order valence-electron chi connectivity index (χ1n) is 22.4. The number of carbonyl (C=O) groups is 2. The van der Waals surface area contributed by atoms with Crippen LogP contribution >= 0.6 is 0 Å². The Morgan fingerprint density at radius 2 is 1.08 bits per heavy atom. The van der Waals surface area contributed by atoms with Crippen molar-refractivity contribution in [3.8, 4) is 33.9 Å². The van der Waals surface area contributed by atoms with Gasteiger partial charge in [-0.25, -0.2) is 31.4 Å². The van der Waals surface area contributed by atoms with Crippen LogP contribution in [0.1, 0.15) is 65.2 Å². The maximum atomic E-state index is 13.8. The number of anilines is 4. The first-order chi connectivity index (χ1) is 34.6. The summed E-state index contributed by atoms with van der Waals surface area (Å²) in [6, 6.07) is 23.5. The van der Waals surface area contributed by atoms with Gasteiger partial charge in [0.25, 0.3) is 30.2 Å². The van der Waals surface area contributed by atoms with Crippen LogP contribution in [0.25, 0.3) is 33.4 Å². The number of nitrogens with one attached hydrogen (secondary N) is 3. The molecule has 0 aromatic heterocycles. The van der Waals surface area contributed by atoms with Crippen molar-refractivity contribution in [1.82, 2.24) is 0 Å². The van der Waals surface area contributed by atoms with E-state index in [1.807, 2.05) is 6.92 Å². The predicted molar refractivity (Wildman–Crippen MR) is 279 cm³/mol. The second kappa shape index (κ2) is 19.0. The van der Waals surface area contributed by atoms with E-state index in [9.17, 15) is 59.8 Å². The Morgan fingerprint density at radius 3 is 1.64 bits per heavy atom. The smallest absolute Gasteiger partial charge is 0.339 e. The highest BCUT2D eigenvalue weighted by atomic mass is 32.2. The monoisotopic (exact) mass is 1060 g/mol. The second-order valence-electron chi connectivity index (χ2n) is 17.9. The molecule has 21 heteroatoms. The fourth-order valence-electron chi connectivity index (χ4n) is 9.04. The average molecular weight is 1060 g/mol. The van der Waals surface area contributed by atoms with E-state index in [-0.39, 0.29) is 54.1 Å². The van der Waals surface area contributed by atoms with Crippen molar-refractivity contribution in [1.29, 1.82) is 0 Å². The van der Waals surface area contributed by atoms with Gasteiger partial charge in [-0.05, 0) is 154 Å². The SMILES string of the molecule is Cc1cc(S(=O)(=O)Nc2c(C)cc(C)c(/N=c3/ccc4c(-c5ccccc5S(=O)(=O)O)c5ccc(Nc6c(C)cc(C)c(NS(=O)(=O)c7cc(C)c(O)c(C(=O)O)c7)c6C)cc5oc-4c3)c2C)cc(C(=O)O)c1O. The minimum Gasteiger partial charge on any atom is -0.507 e. The van der Waals surface area contributed by atoms with Gasteiger partial charge in [0.05, 0.1) is 32.2 Å². The molecule has 0 atom stereocenters. The largest absolute Gasteiger partial charge is 0.507 e. The molecule has 6 aromatic carbocycles. The van der Waals surface area contributed by atoms with E-state index in [0.717, 1.165) is 23.8 Å². The van der Waals surface area contributed by atoms with Gasteiger partial charge in [-0.2, -0.15) is 8.42 Å². The number of aryl methyl sites for hydroxylation is 6. The van der Waals surface area contributed by atoms with Crippen molar-refractivity contribution in [2.75, 3.05) is 14.8 Å². The van der Waals surface area contributed by atoms with Crippen molar-refractivity contribution < 1.29 is 64.2 Å². The summed E-state index contributed by atoms with van der Waals surface area (Å²) in [5.41, 5.74) is 5.31. The molecule has 6 aromatic rings. The van der Waals surface area contributed by atoms with Gasteiger partial charge < -0.3 is 30.2 Å². The van der Waals surface area contributed by atoms with Crippen molar-refractivity contribution in [3.63, 3.8) is 0 Å². The Balaban J connectivity index is 1.25. The highest BCUT2D eigenvalue weighted by molar-refractivity contribution is 7.93. The molecule has 0 saturated carbocycles. The summed E-state index contributed by atoms with van der Waals surface area (Å²) in [5, 5.41) is 44.0. The molecule has 1 aliphatic carbocycles. The molecule has 1 heterocycles. The Morgan fingerprint density at radius 1 is 0.554 bits per heavy atom. The summed E-state index contributed by atoms with van der Waals surface area (Å²) < 4.78 is 103. The number of aromatic hydroxyl groups is 2. The van der Waals surface area contributed by atoms with Crippen LogP contribution in [0.15, 0.2) is 121 Å². The molecule has 1 aliphatic heterocycles.